The molecule has 2 nitrogen and oxygen atoms in total. The number of nitrogens with zero attached hydrogens (tertiary/aromatic N) is 2. The highest BCUT2D eigenvalue weighted by Crippen LogP contribution is 2.61. The molecule has 164 valence electrons. The van der Waals surface area contributed by atoms with Crippen molar-refractivity contribution in [3.05, 3.63) is 42.1 Å². The van der Waals surface area contributed by atoms with Crippen molar-refractivity contribution < 1.29 is 0 Å². The third-order valence-electron chi connectivity index (χ3n) is 9.10. The molecule has 5 rings (SSSR count). The van der Waals surface area contributed by atoms with E-state index in [1.54, 1.807) is 0 Å². The van der Waals surface area contributed by atoms with Gasteiger partial charge in [-0.2, -0.15) is 0 Å². The maximum absolute atomic E-state index is 2.83. The highest BCUT2D eigenvalue weighted by Gasteiger charge is 2.62. The molecule has 2 unspecified atom stereocenters. The third-order valence-corrected chi connectivity index (χ3v) is 9.10. The lowest BCUT2D eigenvalue weighted by Gasteiger charge is -2.47. The highest BCUT2D eigenvalue weighted by atomic mass is 15.5. The molecule has 0 amide bonds. The first-order valence-corrected chi connectivity index (χ1v) is 12.7. The van der Waals surface area contributed by atoms with Gasteiger partial charge in [-0.05, 0) is 69.2 Å². The van der Waals surface area contributed by atoms with Gasteiger partial charge in [-0.15, -0.1) is 0 Å². The second-order valence-electron chi connectivity index (χ2n) is 11.8. The fourth-order valence-corrected chi connectivity index (χ4v) is 8.09. The number of hydrogen-bond donors (Lipinski definition) is 0. The summed E-state index contributed by atoms with van der Waals surface area (Å²) in [7, 11) is 0. The number of fused-ring (bicyclic) bond motifs is 1. The Hall–Kier alpha value is -1.44. The van der Waals surface area contributed by atoms with E-state index in [4.69, 9.17) is 0 Å². The number of benzene rings is 1. The van der Waals surface area contributed by atoms with Crippen LogP contribution in [0.5, 0.6) is 0 Å². The minimum Gasteiger partial charge on any atom is -0.351 e. The first kappa shape index (κ1) is 20.5. The van der Waals surface area contributed by atoms with Gasteiger partial charge in [-0.3, -0.25) is 0 Å². The number of rotatable bonds is 3. The van der Waals surface area contributed by atoms with E-state index in [0.717, 1.165) is 11.8 Å². The van der Waals surface area contributed by atoms with Gasteiger partial charge in [0, 0.05) is 22.6 Å². The Morgan fingerprint density at radius 2 is 1.47 bits per heavy atom. The van der Waals surface area contributed by atoms with Gasteiger partial charge in [0.1, 0.15) is 6.17 Å². The molecule has 3 fully saturated rings. The van der Waals surface area contributed by atoms with Crippen LogP contribution < -0.4 is 4.90 Å². The Labute approximate surface area is 184 Å². The van der Waals surface area contributed by atoms with Crippen molar-refractivity contribution in [1.29, 1.82) is 0 Å². The van der Waals surface area contributed by atoms with E-state index in [1.807, 2.05) is 0 Å². The molecule has 2 heteroatoms. The SMILES string of the molecule is Cc1ccccc1N1C(C(C)(C)C)N2C=CC(C3CCCC3)(C3CCCC3)C2[C@@H]1C. The zero-order valence-electron chi connectivity index (χ0n) is 19.9. The molecule has 2 aliphatic heterocycles. The van der Waals surface area contributed by atoms with Gasteiger partial charge in [0.2, 0.25) is 0 Å². The van der Waals surface area contributed by atoms with Crippen LogP contribution in [0.3, 0.4) is 0 Å². The topological polar surface area (TPSA) is 6.48 Å². The maximum atomic E-state index is 2.83. The normalized spacial score (nSPS) is 31.8. The summed E-state index contributed by atoms with van der Waals surface area (Å²) < 4.78 is 0. The molecule has 30 heavy (non-hydrogen) atoms. The summed E-state index contributed by atoms with van der Waals surface area (Å²) in [4.78, 5) is 5.63. The van der Waals surface area contributed by atoms with Crippen LogP contribution in [0.15, 0.2) is 36.5 Å². The Morgan fingerprint density at radius 1 is 0.900 bits per heavy atom. The molecule has 3 atom stereocenters. The predicted octanol–water partition coefficient (Wildman–Crippen LogP) is 7.14. The van der Waals surface area contributed by atoms with Gasteiger partial charge in [-0.1, -0.05) is 70.7 Å². The Morgan fingerprint density at radius 3 is 2.00 bits per heavy atom. The molecule has 1 aromatic carbocycles. The van der Waals surface area contributed by atoms with Crippen LogP contribution in [-0.2, 0) is 0 Å². The molecule has 1 aromatic rings. The summed E-state index contributed by atoms with van der Waals surface area (Å²) >= 11 is 0. The lowest BCUT2D eigenvalue weighted by atomic mass is 9.60. The maximum Gasteiger partial charge on any atom is 0.107 e. The first-order valence-electron chi connectivity index (χ1n) is 12.7. The molecule has 0 bridgehead atoms. The Bertz CT molecular complexity index is 775. The molecule has 2 heterocycles. The van der Waals surface area contributed by atoms with E-state index in [-0.39, 0.29) is 5.41 Å². The average Bonchev–Trinajstić information content (AvgIpc) is 3.48. The summed E-state index contributed by atoms with van der Waals surface area (Å²) in [5, 5.41) is 0. The largest absolute Gasteiger partial charge is 0.351 e. The van der Waals surface area contributed by atoms with Crippen LogP contribution >= 0.6 is 0 Å². The fourth-order valence-electron chi connectivity index (χ4n) is 8.09. The average molecular weight is 407 g/mol. The van der Waals surface area contributed by atoms with E-state index in [9.17, 15) is 0 Å². The summed E-state index contributed by atoms with van der Waals surface area (Å²) in [6.07, 6.45) is 17.3. The summed E-state index contributed by atoms with van der Waals surface area (Å²) in [5.41, 5.74) is 3.43. The van der Waals surface area contributed by atoms with Crippen molar-refractivity contribution in [2.45, 2.75) is 104 Å². The van der Waals surface area contributed by atoms with Gasteiger partial charge >= 0.3 is 0 Å². The van der Waals surface area contributed by atoms with Crippen molar-refractivity contribution in [1.82, 2.24) is 4.90 Å². The van der Waals surface area contributed by atoms with E-state index in [2.05, 4.69) is 81.0 Å². The summed E-state index contributed by atoms with van der Waals surface area (Å²) in [5.74, 6) is 1.76. The molecule has 1 saturated heterocycles. The van der Waals surface area contributed by atoms with Crippen molar-refractivity contribution in [2.24, 2.45) is 22.7 Å². The minimum atomic E-state index is 0.192. The van der Waals surface area contributed by atoms with E-state index in [1.165, 1.54) is 62.6 Å². The molecule has 2 aliphatic carbocycles. The van der Waals surface area contributed by atoms with Crippen LogP contribution in [0.25, 0.3) is 0 Å². The molecule has 0 N–H and O–H groups in total. The molecular weight excluding hydrogens is 364 g/mol. The van der Waals surface area contributed by atoms with E-state index in [0.29, 0.717) is 23.7 Å². The molecule has 0 spiro atoms. The molecular formula is C28H42N2. The van der Waals surface area contributed by atoms with Gasteiger partial charge in [0.15, 0.2) is 0 Å². The van der Waals surface area contributed by atoms with Crippen LogP contribution in [0.4, 0.5) is 5.69 Å². The Balaban J connectivity index is 1.63. The van der Waals surface area contributed by atoms with Gasteiger partial charge < -0.3 is 9.80 Å². The van der Waals surface area contributed by atoms with Crippen molar-refractivity contribution in [3.8, 4) is 0 Å². The highest BCUT2D eigenvalue weighted by molar-refractivity contribution is 5.57. The number of hydrogen-bond acceptors (Lipinski definition) is 2. The zero-order valence-corrected chi connectivity index (χ0v) is 19.9. The second-order valence-corrected chi connectivity index (χ2v) is 11.8. The van der Waals surface area contributed by atoms with Crippen molar-refractivity contribution >= 4 is 5.69 Å². The summed E-state index contributed by atoms with van der Waals surface area (Å²) in [6.45, 7) is 12.2. The van der Waals surface area contributed by atoms with Gasteiger partial charge in [0.25, 0.3) is 0 Å². The van der Waals surface area contributed by atoms with E-state index < -0.39 is 0 Å². The number of anilines is 1. The van der Waals surface area contributed by atoms with Gasteiger partial charge in [0.05, 0.1) is 6.04 Å². The Kier molecular flexibility index (Phi) is 4.99. The quantitative estimate of drug-likeness (QED) is 0.526. The fraction of sp³-hybridized carbons (Fsp3) is 0.714. The standard InChI is InChI=1S/C28H42N2/c1-20-12-6-11-17-24(20)30-21(2)25-28(22-13-7-8-14-22,23-15-9-10-16-23)18-19-29(25)26(30)27(3,4)5/h6,11-12,17-19,21-23,25-26H,7-10,13-16H2,1-5H3/t21-,25?,26?/m0/s1. The van der Waals surface area contributed by atoms with Crippen LogP contribution in [0, 0.1) is 29.6 Å². The number of para-hydroxylation sites is 1. The molecule has 0 aromatic heterocycles. The van der Waals surface area contributed by atoms with Crippen LogP contribution in [0.2, 0.25) is 0 Å². The monoisotopic (exact) mass is 406 g/mol. The van der Waals surface area contributed by atoms with Crippen molar-refractivity contribution in [3.63, 3.8) is 0 Å². The lowest BCUT2D eigenvalue weighted by Crippen LogP contribution is -2.51. The second kappa shape index (κ2) is 7.31. The minimum absolute atomic E-state index is 0.192. The van der Waals surface area contributed by atoms with Crippen molar-refractivity contribution in [2.75, 3.05) is 4.90 Å². The third kappa shape index (κ3) is 2.88. The molecule has 2 saturated carbocycles. The predicted molar refractivity (Wildman–Crippen MR) is 127 cm³/mol. The molecule has 4 aliphatic rings. The first-order chi connectivity index (χ1) is 14.4. The zero-order chi connectivity index (χ0) is 21.1. The van der Waals surface area contributed by atoms with Crippen LogP contribution in [0.1, 0.15) is 84.6 Å². The summed E-state index contributed by atoms with van der Waals surface area (Å²) in [6, 6.07) is 10.2. The van der Waals surface area contributed by atoms with Gasteiger partial charge in [-0.25, -0.2) is 0 Å². The van der Waals surface area contributed by atoms with E-state index >= 15 is 0 Å². The molecule has 0 radical (unpaired) electrons. The van der Waals surface area contributed by atoms with Crippen LogP contribution in [-0.4, -0.2) is 23.1 Å². The smallest absolute Gasteiger partial charge is 0.107 e. The lowest BCUT2D eigenvalue weighted by molar-refractivity contribution is 0.0417. The number of aryl methyl sites for hydroxylation is 1.